The van der Waals surface area contributed by atoms with Crippen molar-refractivity contribution in [1.29, 1.82) is 0 Å². The Kier molecular flexibility index (Phi) is 4.08. The van der Waals surface area contributed by atoms with Crippen molar-refractivity contribution in [3.63, 3.8) is 0 Å². The molecule has 0 fully saturated rings. The van der Waals surface area contributed by atoms with Crippen molar-refractivity contribution in [3.05, 3.63) is 52.0 Å². The zero-order valence-corrected chi connectivity index (χ0v) is 12.8. The Bertz CT molecular complexity index is 797. The minimum absolute atomic E-state index is 0.150. The summed E-state index contributed by atoms with van der Waals surface area (Å²) in [4.78, 5) is 4.20. The van der Waals surface area contributed by atoms with Crippen molar-refractivity contribution in [2.75, 3.05) is 5.32 Å². The van der Waals surface area contributed by atoms with Crippen molar-refractivity contribution in [2.45, 2.75) is 19.6 Å². The molecule has 0 aliphatic heterocycles. The second-order valence-corrected chi connectivity index (χ2v) is 5.68. The number of hydrogen-bond donors (Lipinski definition) is 1. The molecule has 8 heteroatoms. The molecule has 3 aromatic rings. The monoisotopic (exact) mass is 339 g/mol. The smallest absolute Gasteiger partial charge is 0.376 e. The van der Waals surface area contributed by atoms with Gasteiger partial charge in [0.25, 0.3) is 0 Å². The number of hydrogen-bond acceptors (Lipinski definition) is 5. The van der Waals surface area contributed by atoms with Crippen LogP contribution in [0.1, 0.15) is 17.0 Å². The Morgan fingerprint density at radius 3 is 2.78 bits per heavy atom. The van der Waals surface area contributed by atoms with Gasteiger partial charge in [0, 0.05) is 16.6 Å². The molecule has 0 atom stereocenters. The highest BCUT2D eigenvalue weighted by atomic mass is 32.1. The highest BCUT2D eigenvalue weighted by Gasteiger charge is 2.32. The van der Waals surface area contributed by atoms with Crippen molar-refractivity contribution >= 4 is 17.0 Å². The lowest BCUT2D eigenvalue weighted by Gasteiger charge is -2.12. The highest BCUT2D eigenvalue weighted by molar-refractivity contribution is 7.08. The van der Waals surface area contributed by atoms with Gasteiger partial charge < -0.3 is 9.84 Å². The number of rotatable bonds is 4. The van der Waals surface area contributed by atoms with Crippen LogP contribution >= 0.6 is 11.3 Å². The van der Waals surface area contributed by atoms with E-state index in [4.69, 9.17) is 4.52 Å². The number of nitrogens with zero attached hydrogens (tertiary/aromatic N) is 2. The van der Waals surface area contributed by atoms with E-state index in [1.165, 1.54) is 24.3 Å². The van der Waals surface area contributed by atoms with Gasteiger partial charge in [-0.1, -0.05) is 11.2 Å². The first-order valence-corrected chi connectivity index (χ1v) is 7.64. The molecule has 0 aliphatic carbocycles. The molecule has 0 bridgehead atoms. The SMILES string of the molecule is Cc1ccc(NCc2nc(-c3ccsc3)no2)cc1C(F)(F)F. The van der Waals surface area contributed by atoms with Gasteiger partial charge in [0.05, 0.1) is 12.1 Å². The summed E-state index contributed by atoms with van der Waals surface area (Å²) in [5.41, 5.74) is 0.713. The third kappa shape index (κ3) is 3.53. The lowest BCUT2D eigenvalue weighted by Crippen LogP contribution is -2.09. The summed E-state index contributed by atoms with van der Waals surface area (Å²) in [6.07, 6.45) is -4.38. The molecule has 120 valence electrons. The topological polar surface area (TPSA) is 51.0 Å². The average Bonchev–Trinajstić information content (AvgIpc) is 3.16. The Morgan fingerprint density at radius 2 is 2.09 bits per heavy atom. The van der Waals surface area contributed by atoms with Crippen LogP contribution in [0.15, 0.2) is 39.5 Å². The Balaban J connectivity index is 1.72. The Hall–Kier alpha value is -2.35. The summed E-state index contributed by atoms with van der Waals surface area (Å²) in [5, 5.41) is 10.5. The van der Waals surface area contributed by atoms with Crippen LogP contribution in [0.2, 0.25) is 0 Å². The van der Waals surface area contributed by atoms with E-state index in [1.54, 1.807) is 6.07 Å². The fraction of sp³-hybridized carbons (Fsp3) is 0.200. The normalized spacial score (nSPS) is 11.7. The van der Waals surface area contributed by atoms with E-state index in [2.05, 4.69) is 15.5 Å². The van der Waals surface area contributed by atoms with Gasteiger partial charge in [-0.3, -0.25) is 0 Å². The maximum absolute atomic E-state index is 12.9. The van der Waals surface area contributed by atoms with E-state index in [0.717, 1.165) is 11.6 Å². The number of halogens is 3. The first-order valence-electron chi connectivity index (χ1n) is 6.70. The van der Waals surface area contributed by atoms with Gasteiger partial charge in [0.2, 0.25) is 11.7 Å². The molecule has 0 aliphatic rings. The maximum atomic E-state index is 12.9. The lowest BCUT2D eigenvalue weighted by molar-refractivity contribution is -0.138. The van der Waals surface area contributed by atoms with Crippen LogP contribution < -0.4 is 5.32 Å². The molecule has 2 heterocycles. The average molecular weight is 339 g/mol. The molecule has 0 saturated heterocycles. The fourth-order valence-electron chi connectivity index (χ4n) is 2.05. The molecule has 0 radical (unpaired) electrons. The molecular weight excluding hydrogens is 327 g/mol. The van der Waals surface area contributed by atoms with Gasteiger partial charge >= 0.3 is 6.18 Å². The summed E-state index contributed by atoms with van der Waals surface area (Å²) in [7, 11) is 0. The Morgan fingerprint density at radius 1 is 1.26 bits per heavy atom. The summed E-state index contributed by atoms with van der Waals surface area (Å²) in [6, 6.07) is 5.95. The van der Waals surface area contributed by atoms with Gasteiger partial charge in [0.15, 0.2) is 0 Å². The van der Waals surface area contributed by atoms with E-state index in [-0.39, 0.29) is 12.1 Å². The minimum atomic E-state index is -4.38. The second-order valence-electron chi connectivity index (χ2n) is 4.90. The molecule has 1 N–H and O–H groups in total. The number of aryl methyl sites for hydroxylation is 1. The van der Waals surface area contributed by atoms with Crippen molar-refractivity contribution in [1.82, 2.24) is 10.1 Å². The predicted molar refractivity (Wildman–Crippen MR) is 81.1 cm³/mol. The largest absolute Gasteiger partial charge is 0.416 e. The van der Waals surface area contributed by atoms with E-state index in [1.807, 2.05) is 16.8 Å². The zero-order valence-electron chi connectivity index (χ0n) is 12.0. The first-order chi connectivity index (χ1) is 10.9. The summed E-state index contributed by atoms with van der Waals surface area (Å²) < 4.78 is 43.7. The van der Waals surface area contributed by atoms with Gasteiger partial charge in [-0.2, -0.15) is 29.5 Å². The van der Waals surface area contributed by atoms with Crippen molar-refractivity contribution < 1.29 is 17.7 Å². The molecule has 0 amide bonds. The second kappa shape index (κ2) is 6.04. The minimum Gasteiger partial charge on any atom is -0.376 e. The van der Waals surface area contributed by atoms with Gasteiger partial charge in [0.1, 0.15) is 0 Å². The molecule has 0 spiro atoms. The van der Waals surface area contributed by atoms with E-state index >= 15 is 0 Å². The van der Waals surface area contributed by atoms with Crippen LogP contribution in [-0.4, -0.2) is 10.1 Å². The molecule has 0 unspecified atom stereocenters. The number of aromatic nitrogens is 2. The number of benzene rings is 1. The molecule has 3 rings (SSSR count). The summed E-state index contributed by atoms with van der Waals surface area (Å²) >= 11 is 1.52. The third-order valence-corrected chi connectivity index (χ3v) is 3.92. The molecule has 0 saturated carbocycles. The zero-order chi connectivity index (χ0) is 16.4. The summed E-state index contributed by atoms with van der Waals surface area (Å²) in [6.45, 7) is 1.58. The fourth-order valence-corrected chi connectivity index (χ4v) is 2.68. The van der Waals surface area contributed by atoms with E-state index in [0.29, 0.717) is 17.4 Å². The van der Waals surface area contributed by atoms with E-state index in [9.17, 15) is 13.2 Å². The van der Waals surface area contributed by atoms with Gasteiger partial charge in [-0.25, -0.2) is 0 Å². The Labute approximate surface area is 134 Å². The molecule has 4 nitrogen and oxygen atoms in total. The van der Waals surface area contributed by atoms with Gasteiger partial charge in [-0.05, 0) is 36.1 Å². The van der Waals surface area contributed by atoms with Crippen LogP contribution in [0, 0.1) is 6.92 Å². The van der Waals surface area contributed by atoms with Crippen LogP contribution in [0.4, 0.5) is 18.9 Å². The van der Waals surface area contributed by atoms with Crippen LogP contribution in [-0.2, 0) is 12.7 Å². The number of alkyl halides is 3. The number of nitrogens with one attached hydrogen (secondary N) is 1. The maximum Gasteiger partial charge on any atom is 0.416 e. The molecule has 2 aromatic heterocycles. The standard InChI is InChI=1S/C15H12F3N3OS/c1-9-2-3-11(6-12(9)15(16,17)18)19-7-13-20-14(21-22-13)10-4-5-23-8-10/h2-6,8,19H,7H2,1H3. The number of anilines is 1. The third-order valence-electron chi connectivity index (χ3n) is 3.23. The predicted octanol–water partition coefficient (Wildman–Crippen LogP) is 4.74. The molecule has 1 aromatic carbocycles. The van der Waals surface area contributed by atoms with Crippen molar-refractivity contribution in [3.8, 4) is 11.4 Å². The highest BCUT2D eigenvalue weighted by Crippen LogP contribution is 2.33. The van der Waals surface area contributed by atoms with Crippen LogP contribution in [0.25, 0.3) is 11.4 Å². The lowest BCUT2D eigenvalue weighted by atomic mass is 10.1. The molecular formula is C15H12F3N3OS. The van der Waals surface area contributed by atoms with Crippen LogP contribution in [0.5, 0.6) is 0 Å². The van der Waals surface area contributed by atoms with E-state index < -0.39 is 11.7 Å². The first kappa shape index (κ1) is 15.5. The van der Waals surface area contributed by atoms with Crippen LogP contribution in [0.3, 0.4) is 0 Å². The molecule has 23 heavy (non-hydrogen) atoms. The quantitative estimate of drug-likeness (QED) is 0.746. The number of thiophene rings is 1. The summed E-state index contributed by atoms with van der Waals surface area (Å²) in [5.74, 6) is 0.767. The van der Waals surface area contributed by atoms with Gasteiger partial charge in [-0.15, -0.1) is 0 Å². The van der Waals surface area contributed by atoms with Crippen molar-refractivity contribution in [2.24, 2.45) is 0 Å².